The molecule has 126 valence electrons. The molecular weight excluding hydrogens is 318 g/mol. The number of hydrogen-bond donors (Lipinski definition) is 1. The molecule has 9 heteroatoms. The van der Waals surface area contributed by atoms with Gasteiger partial charge in [0.2, 0.25) is 5.82 Å². The lowest BCUT2D eigenvalue weighted by Gasteiger charge is -2.36. The smallest absolute Gasteiger partial charge is 0.373 e. The number of rotatable bonds is 6. The summed E-state index contributed by atoms with van der Waals surface area (Å²) in [4.78, 5) is 20.5. The maximum Gasteiger partial charge on any atom is 0.373 e. The van der Waals surface area contributed by atoms with Crippen molar-refractivity contribution in [3.8, 4) is 0 Å². The normalized spacial score (nSPS) is 16.6. The third-order valence-corrected chi connectivity index (χ3v) is 5.21. The molecule has 1 aliphatic rings. The fourth-order valence-corrected chi connectivity index (χ4v) is 3.87. The van der Waals surface area contributed by atoms with Gasteiger partial charge in [-0.25, -0.2) is 0 Å². The quantitative estimate of drug-likeness (QED) is 0.635. The third-order valence-electron chi connectivity index (χ3n) is 4.45. The fourth-order valence-electron chi connectivity index (χ4n) is 3.17. The predicted octanol–water partition coefficient (Wildman–Crippen LogP) is 1.59. The molecule has 2 aromatic heterocycles. The summed E-state index contributed by atoms with van der Waals surface area (Å²) >= 11 is 1.41. The zero-order valence-corrected chi connectivity index (χ0v) is 13.9. The van der Waals surface area contributed by atoms with Crippen LogP contribution in [0, 0.1) is 10.1 Å². The van der Waals surface area contributed by atoms with Crippen LogP contribution in [-0.2, 0) is 0 Å². The highest BCUT2D eigenvalue weighted by Gasteiger charge is 2.31. The first-order valence-electron chi connectivity index (χ1n) is 7.77. The van der Waals surface area contributed by atoms with Gasteiger partial charge in [0, 0.05) is 37.7 Å². The third kappa shape index (κ3) is 3.17. The van der Waals surface area contributed by atoms with E-state index in [0.29, 0.717) is 16.8 Å². The zero-order chi connectivity index (χ0) is 16.4. The van der Waals surface area contributed by atoms with Crippen molar-refractivity contribution >= 4 is 27.9 Å². The molecular formula is C14H21N5O3S. The van der Waals surface area contributed by atoms with E-state index in [2.05, 4.69) is 16.9 Å². The van der Waals surface area contributed by atoms with Crippen molar-refractivity contribution in [1.29, 1.82) is 0 Å². The highest BCUT2D eigenvalue weighted by atomic mass is 32.1. The second-order valence-corrected chi connectivity index (χ2v) is 6.72. The van der Waals surface area contributed by atoms with E-state index < -0.39 is 0 Å². The van der Waals surface area contributed by atoms with Crippen LogP contribution in [0.2, 0.25) is 0 Å². The molecule has 2 aromatic rings. The number of thiazole rings is 1. The summed E-state index contributed by atoms with van der Waals surface area (Å²) in [6.07, 6.45) is 4.37. The largest absolute Gasteiger partial charge is 0.396 e. The molecule has 0 amide bonds. The van der Waals surface area contributed by atoms with Gasteiger partial charge in [0.1, 0.15) is 6.20 Å². The maximum atomic E-state index is 11.4. The first-order valence-corrected chi connectivity index (χ1v) is 8.65. The summed E-state index contributed by atoms with van der Waals surface area (Å²) in [5.41, 5.74) is 0. The van der Waals surface area contributed by atoms with Crippen LogP contribution in [0.25, 0.3) is 4.96 Å². The van der Waals surface area contributed by atoms with E-state index in [1.165, 1.54) is 11.3 Å². The number of fused-ring (bicyclic) bond motifs is 1. The summed E-state index contributed by atoms with van der Waals surface area (Å²) in [6.45, 7) is 2.61. The van der Waals surface area contributed by atoms with Gasteiger partial charge in [-0.15, -0.1) is 0 Å². The van der Waals surface area contributed by atoms with E-state index in [1.807, 2.05) is 10.3 Å². The molecule has 3 rings (SSSR count). The first kappa shape index (κ1) is 16.2. The summed E-state index contributed by atoms with van der Waals surface area (Å²) in [5.74, 6) is 0.548. The number of aromatic nitrogens is 2. The molecule has 3 heterocycles. The van der Waals surface area contributed by atoms with Crippen molar-refractivity contribution in [3.63, 3.8) is 0 Å². The molecule has 1 N–H and O–H groups in total. The van der Waals surface area contributed by atoms with Gasteiger partial charge in [-0.1, -0.05) is 11.3 Å². The van der Waals surface area contributed by atoms with Gasteiger partial charge in [0.05, 0.1) is 0 Å². The van der Waals surface area contributed by atoms with Crippen molar-refractivity contribution in [3.05, 3.63) is 21.7 Å². The van der Waals surface area contributed by atoms with Crippen LogP contribution in [0.15, 0.2) is 11.6 Å². The Labute approximate surface area is 138 Å². The monoisotopic (exact) mass is 339 g/mol. The molecule has 0 spiro atoms. The van der Waals surface area contributed by atoms with E-state index in [-0.39, 0.29) is 17.3 Å². The number of nitrogens with zero attached hydrogens (tertiary/aromatic N) is 5. The molecule has 8 nitrogen and oxygen atoms in total. The van der Waals surface area contributed by atoms with Crippen molar-refractivity contribution in [2.24, 2.45) is 0 Å². The molecule has 0 radical (unpaired) electrons. The molecule has 0 unspecified atom stereocenters. The van der Waals surface area contributed by atoms with E-state index in [1.54, 1.807) is 10.6 Å². The minimum Gasteiger partial charge on any atom is -0.396 e. The molecule has 0 bridgehead atoms. The SMILES string of the molecule is CN(CCCO)C1CCN(c2nc3sccn3c2[N+](=O)[O-])CC1. The summed E-state index contributed by atoms with van der Waals surface area (Å²) in [5, 5.41) is 22.2. The molecule has 0 aliphatic carbocycles. The Balaban J connectivity index is 1.71. The van der Waals surface area contributed by atoms with Gasteiger partial charge in [-0.05, 0) is 31.2 Å². The summed E-state index contributed by atoms with van der Waals surface area (Å²) < 4.78 is 1.56. The Morgan fingerprint density at radius 1 is 1.52 bits per heavy atom. The van der Waals surface area contributed by atoms with Crippen LogP contribution >= 0.6 is 11.3 Å². The molecule has 1 aliphatic heterocycles. The number of imidazole rings is 1. The van der Waals surface area contributed by atoms with E-state index in [4.69, 9.17) is 5.11 Å². The van der Waals surface area contributed by atoms with Gasteiger partial charge in [-0.2, -0.15) is 9.38 Å². The molecule has 0 atom stereocenters. The Morgan fingerprint density at radius 3 is 2.91 bits per heavy atom. The Morgan fingerprint density at radius 2 is 2.26 bits per heavy atom. The van der Waals surface area contributed by atoms with Crippen LogP contribution in [0.1, 0.15) is 19.3 Å². The van der Waals surface area contributed by atoms with Crippen LogP contribution in [0.5, 0.6) is 0 Å². The van der Waals surface area contributed by atoms with Crippen molar-refractivity contribution < 1.29 is 10.0 Å². The zero-order valence-electron chi connectivity index (χ0n) is 13.1. The minimum absolute atomic E-state index is 0.0633. The molecule has 0 saturated carbocycles. The molecule has 1 fully saturated rings. The Kier molecular flexibility index (Phi) is 4.79. The highest BCUT2D eigenvalue weighted by Crippen LogP contribution is 2.33. The van der Waals surface area contributed by atoms with Gasteiger partial charge in [0.15, 0.2) is 0 Å². The molecule has 0 aromatic carbocycles. The van der Waals surface area contributed by atoms with E-state index >= 15 is 0 Å². The average Bonchev–Trinajstić information content (AvgIpc) is 3.12. The lowest BCUT2D eigenvalue weighted by molar-refractivity contribution is -0.389. The second kappa shape index (κ2) is 6.81. The predicted molar refractivity (Wildman–Crippen MR) is 89.3 cm³/mol. The summed E-state index contributed by atoms with van der Waals surface area (Å²) in [6, 6.07) is 0.459. The minimum atomic E-state index is -0.346. The maximum absolute atomic E-state index is 11.4. The topological polar surface area (TPSA) is 87.2 Å². The van der Waals surface area contributed by atoms with Gasteiger partial charge < -0.3 is 25.0 Å². The van der Waals surface area contributed by atoms with Crippen LogP contribution in [0.3, 0.4) is 0 Å². The summed E-state index contributed by atoms with van der Waals surface area (Å²) in [7, 11) is 2.07. The average molecular weight is 339 g/mol. The standard InChI is InChI=1S/C14H21N5O3S/c1-16(5-2-9-20)11-3-6-17(7-4-11)12-13(19(21)22)18-8-10-23-14(18)15-12/h8,10-11,20H,2-7,9H2,1H3. The fraction of sp³-hybridized carbons (Fsp3) is 0.643. The van der Waals surface area contributed by atoms with Gasteiger partial charge >= 0.3 is 5.82 Å². The number of piperidine rings is 1. The number of aliphatic hydroxyl groups excluding tert-OH is 1. The number of anilines is 1. The lowest BCUT2D eigenvalue weighted by atomic mass is 10.0. The first-order chi connectivity index (χ1) is 11.1. The Bertz CT molecular complexity index is 677. The van der Waals surface area contributed by atoms with Crippen molar-refractivity contribution in [1.82, 2.24) is 14.3 Å². The van der Waals surface area contributed by atoms with Crippen LogP contribution < -0.4 is 4.90 Å². The molecule has 1 saturated heterocycles. The van der Waals surface area contributed by atoms with E-state index in [9.17, 15) is 10.1 Å². The van der Waals surface area contributed by atoms with Crippen molar-refractivity contribution in [2.45, 2.75) is 25.3 Å². The van der Waals surface area contributed by atoms with Crippen LogP contribution in [-0.4, -0.2) is 63.6 Å². The van der Waals surface area contributed by atoms with Gasteiger partial charge in [0.25, 0.3) is 4.96 Å². The van der Waals surface area contributed by atoms with Crippen molar-refractivity contribution in [2.75, 3.05) is 38.2 Å². The molecule has 23 heavy (non-hydrogen) atoms. The second-order valence-electron chi connectivity index (χ2n) is 5.85. The lowest BCUT2D eigenvalue weighted by Crippen LogP contribution is -2.44. The number of hydrogen-bond acceptors (Lipinski definition) is 7. The van der Waals surface area contributed by atoms with Crippen LogP contribution in [0.4, 0.5) is 11.6 Å². The van der Waals surface area contributed by atoms with Gasteiger partial charge in [-0.3, -0.25) is 0 Å². The highest BCUT2D eigenvalue weighted by molar-refractivity contribution is 7.15. The number of aliphatic hydroxyl groups is 1. The Hall–Kier alpha value is -1.71. The number of nitro groups is 1. The van der Waals surface area contributed by atoms with E-state index in [0.717, 1.165) is 38.9 Å².